The second kappa shape index (κ2) is 7.23. The van der Waals surface area contributed by atoms with E-state index in [4.69, 9.17) is 21.1 Å². The number of rotatable bonds is 6. The van der Waals surface area contributed by atoms with Crippen molar-refractivity contribution in [1.29, 1.82) is 0 Å². The largest absolute Gasteiger partial charge is 0.390 e. The van der Waals surface area contributed by atoms with Crippen LogP contribution in [0.2, 0.25) is 5.02 Å². The number of nitrogens with zero attached hydrogens (tertiary/aromatic N) is 2. The molecule has 5 nitrogen and oxygen atoms in total. The molecule has 0 radical (unpaired) electrons. The van der Waals surface area contributed by atoms with Gasteiger partial charge in [-0.25, -0.2) is 4.98 Å². The van der Waals surface area contributed by atoms with Gasteiger partial charge in [-0.15, -0.1) is 0 Å². The first-order valence-corrected chi connectivity index (χ1v) is 8.49. The normalized spacial score (nSPS) is 18.7. The Hall–Kier alpha value is -1.40. The van der Waals surface area contributed by atoms with E-state index in [0.717, 1.165) is 5.56 Å². The van der Waals surface area contributed by atoms with Gasteiger partial charge in [0.1, 0.15) is 0 Å². The first kappa shape index (κ1) is 17.4. The molecule has 0 saturated carbocycles. The topological polar surface area (TPSA) is 56.5 Å². The van der Waals surface area contributed by atoms with E-state index in [-0.39, 0.29) is 6.04 Å². The number of halogens is 1. The lowest BCUT2D eigenvalue weighted by atomic mass is 9.80. The number of aliphatic hydroxyl groups is 1. The number of hydrogen-bond donors (Lipinski definition) is 1. The number of hydrogen-bond acceptors (Lipinski definition) is 4. The third-order valence-electron chi connectivity index (χ3n) is 4.62. The third kappa shape index (κ3) is 3.64. The van der Waals surface area contributed by atoms with E-state index >= 15 is 0 Å². The average Bonchev–Trinajstić information content (AvgIpc) is 3.27. The summed E-state index contributed by atoms with van der Waals surface area (Å²) in [6, 6.07) is 7.50. The fourth-order valence-corrected chi connectivity index (χ4v) is 3.26. The maximum atomic E-state index is 11.2. The number of ether oxygens (including phenoxy) is 2. The van der Waals surface area contributed by atoms with Gasteiger partial charge in [-0.05, 0) is 24.1 Å². The van der Waals surface area contributed by atoms with Gasteiger partial charge in [0.2, 0.25) is 0 Å². The van der Waals surface area contributed by atoms with E-state index in [1.54, 1.807) is 12.5 Å². The first-order valence-electron chi connectivity index (χ1n) is 8.11. The van der Waals surface area contributed by atoms with Crippen molar-refractivity contribution in [3.05, 3.63) is 53.6 Å². The highest BCUT2D eigenvalue weighted by Gasteiger charge is 2.44. The molecule has 2 unspecified atom stereocenters. The molecule has 130 valence electrons. The van der Waals surface area contributed by atoms with E-state index in [1.807, 2.05) is 48.9 Å². The summed E-state index contributed by atoms with van der Waals surface area (Å²) >= 11 is 5.97. The van der Waals surface area contributed by atoms with Gasteiger partial charge in [0.05, 0.1) is 31.7 Å². The summed E-state index contributed by atoms with van der Waals surface area (Å²) in [5, 5.41) is 11.9. The Balaban J connectivity index is 1.85. The zero-order chi connectivity index (χ0) is 17.2. The zero-order valence-electron chi connectivity index (χ0n) is 13.9. The smallest absolute Gasteiger partial charge is 0.165 e. The molecule has 2 aromatic rings. The number of imidazole rings is 1. The molecule has 2 heterocycles. The molecule has 0 spiro atoms. The zero-order valence-corrected chi connectivity index (χ0v) is 14.7. The summed E-state index contributed by atoms with van der Waals surface area (Å²) in [6.07, 6.45) is 4.89. The fraction of sp³-hybridized carbons (Fsp3) is 0.500. The second-order valence-electron chi connectivity index (χ2n) is 6.75. The van der Waals surface area contributed by atoms with Gasteiger partial charge in [0.15, 0.2) is 6.29 Å². The highest BCUT2D eigenvalue weighted by molar-refractivity contribution is 6.30. The highest BCUT2D eigenvalue weighted by Crippen LogP contribution is 2.37. The molecule has 0 amide bonds. The van der Waals surface area contributed by atoms with Crippen LogP contribution in [-0.2, 0) is 15.9 Å². The van der Waals surface area contributed by atoms with Crippen LogP contribution in [0.3, 0.4) is 0 Å². The van der Waals surface area contributed by atoms with Crippen molar-refractivity contribution in [1.82, 2.24) is 9.55 Å². The Kier molecular flexibility index (Phi) is 5.25. The van der Waals surface area contributed by atoms with Crippen LogP contribution in [0.5, 0.6) is 0 Å². The van der Waals surface area contributed by atoms with E-state index in [0.29, 0.717) is 24.7 Å². The Bertz CT molecular complexity index is 637. The predicted octanol–water partition coefficient (Wildman–Crippen LogP) is 3.08. The van der Waals surface area contributed by atoms with Gasteiger partial charge in [0.25, 0.3) is 0 Å². The lowest BCUT2D eigenvalue weighted by molar-refractivity contribution is -0.169. The molecule has 2 atom stereocenters. The minimum Gasteiger partial charge on any atom is -0.390 e. The van der Waals surface area contributed by atoms with Gasteiger partial charge < -0.3 is 19.1 Å². The van der Waals surface area contributed by atoms with Crippen LogP contribution >= 0.6 is 11.6 Å². The van der Waals surface area contributed by atoms with Gasteiger partial charge in [0, 0.05) is 22.8 Å². The Morgan fingerprint density at radius 3 is 2.54 bits per heavy atom. The molecule has 3 rings (SSSR count). The van der Waals surface area contributed by atoms with Crippen molar-refractivity contribution < 1.29 is 14.6 Å². The quantitative estimate of drug-likeness (QED) is 0.869. The molecule has 0 aliphatic carbocycles. The van der Waals surface area contributed by atoms with Crippen molar-refractivity contribution >= 4 is 11.6 Å². The molecule has 1 saturated heterocycles. The van der Waals surface area contributed by atoms with Crippen molar-refractivity contribution in [2.75, 3.05) is 13.2 Å². The van der Waals surface area contributed by atoms with Gasteiger partial charge >= 0.3 is 0 Å². The van der Waals surface area contributed by atoms with Crippen LogP contribution in [0.15, 0.2) is 43.0 Å². The van der Waals surface area contributed by atoms with Gasteiger partial charge in [-0.3, -0.25) is 0 Å². The predicted molar refractivity (Wildman–Crippen MR) is 91.9 cm³/mol. The molecular formula is C18H23ClN2O3. The molecule has 0 bridgehead atoms. The van der Waals surface area contributed by atoms with E-state index in [2.05, 4.69) is 4.98 Å². The van der Waals surface area contributed by atoms with E-state index < -0.39 is 17.8 Å². The molecule has 1 aromatic heterocycles. The molecule has 1 fully saturated rings. The maximum absolute atomic E-state index is 11.2. The highest BCUT2D eigenvalue weighted by atomic mass is 35.5. The summed E-state index contributed by atoms with van der Waals surface area (Å²) in [6.45, 7) is 5.07. The maximum Gasteiger partial charge on any atom is 0.165 e. The number of aromatic nitrogens is 2. The fourth-order valence-electron chi connectivity index (χ4n) is 3.13. The lowest BCUT2D eigenvalue weighted by Crippen LogP contribution is -2.46. The average molecular weight is 351 g/mol. The summed E-state index contributed by atoms with van der Waals surface area (Å²) in [5.74, 6) is 0. The SMILES string of the molecule is CC(C)(C1OCCO1)C(O)C(Cc1ccc(Cl)cc1)n1ccnc1. The molecule has 1 aliphatic heterocycles. The van der Waals surface area contributed by atoms with Gasteiger partial charge in [-0.1, -0.05) is 37.6 Å². The van der Waals surface area contributed by atoms with E-state index in [9.17, 15) is 5.11 Å². The molecular weight excluding hydrogens is 328 g/mol. The lowest BCUT2D eigenvalue weighted by Gasteiger charge is -2.39. The molecule has 1 aromatic carbocycles. The molecule has 1 N–H and O–H groups in total. The van der Waals surface area contributed by atoms with Crippen molar-refractivity contribution in [3.63, 3.8) is 0 Å². The Morgan fingerprint density at radius 1 is 1.29 bits per heavy atom. The molecule has 1 aliphatic rings. The van der Waals surface area contributed by atoms with Crippen LogP contribution in [-0.4, -0.2) is 40.3 Å². The number of aliphatic hydroxyl groups excluding tert-OH is 1. The summed E-state index contributed by atoms with van der Waals surface area (Å²) in [7, 11) is 0. The second-order valence-corrected chi connectivity index (χ2v) is 7.18. The van der Waals surface area contributed by atoms with Crippen molar-refractivity contribution in [3.8, 4) is 0 Å². The standard InChI is InChI=1S/C18H23ClN2O3/c1-18(2,17-23-9-10-24-17)16(22)15(21-8-7-20-12-21)11-13-3-5-14(19)6-4-13/h3-8,12,15-17,22H,9-11H2,1-2H3. The van der Waals surface area contributed by atoms with Crippen LogP contribution in [0, 0.1) is 5.41 Å². The first-order chi connectivity index (χ1) is 11.5. The molecule has 24 heavy (non-hydrogen) atoms. The van der Waals surface area contributed by atoms with Crippen LogP contribution in [0.4, 0.5) is 0 Å². The Morgan fingerprint density at radius 2 is 1.96 bits per heavy atom. The third-order valence-corrected chi connectivity index (χ3v) is 4.87. The van der Waals surface area contributed by atoms with E-state index in [1.165, 1.54) is 0 Å². The van der Waals surface area contributed by atoms with Crippen LogP contribution in [0.25, 0.3) is 0 Å². The Labute approximate surface area is 147 Å². The van der Waals surface area contributed by atoms with Crippen LogP contribution < -0.4 is 0 Å². The van der Waals surface area contributed by atoms with Crippen molar-refractivity contribution in [2.45, 2.75) is 38.7 Å². The monoisotopic (exact) mass is 350 g/mol. The van der Waals surface area contributed by atoms with Crippen LogP contribution in [0.1, 0.15) is 25.5 Å². The van der Waals surface area contributed by atoms with Gasteiger partial charge in [-0.2, -0.15) is 0 Å². The summed E-state index contributed by atoms with van der Waals surface area (Å²) < 4.78 is 13.2. The summed E-state index contributed by atoms with van der Waals surface area (Å²) in [5.41, 5.74) is 0.541. The molecule has 6 heteroatoms. The minimum absolute atomic E-state index is 0.184. The summed E-state index contributed by atoms with van der Waals surface area (Å²) in [4.78, 5) is 4.13. The minimum atomic E-state index is -0.675. The number of benzene rings is 1. The van der Waals surface area contributed by atoms with Crippen molar-refractivity contribution in [2.24, 2.45) is 5.41 Å².